The van der Waals surface area contributed by atoms with Crippen LogP contribution in [-0.2, 0) is 6.42 Å². The van der Waals surface area contributed by atoms with Gasteiger partial charge >= 0.3 is 0 Å². The molecule has 1 amide bonds. The number of nitrogens with zero attached hydrogens (tertiary/aromatic N) is 3. The minimum Gasteiger partial charge on any atom is -0.461 e. The van der Waals surface area contributed by atoms with Gasteiger partial charge in [-0.25, -0.2) is 4.98 Å². The molecule has 0 atom stereocenters. The lowest BCUT2D eigenvalue weighted by Gasteiger charge is -2.09. The van der Waals surface area contributed by atoms with Crippen molar-refractivity contribution in [1.82, 2.24) is 15.1 Å². The van der Waals surface area contributed by atoms with E-state index < -0.39 is 0 Å². The number of thiazole rings is 1. The summed E-state index contributed by atoms with van der Waals surface area (Å²) in [5.74, 6) is 1.19. The maximum absolute atomic E-state index is 12.5. The lowest BCUT2D eigenvalue weighted by atomic mass is 10.1. The Hall–Kier alpha value is -3.26. The lowest BCUT2D eigenvalue weighted by Crippen LogP contribution is -2.13. The Bertz CT molecular complexity index is 1040. The van der Waals surface area contributed by atoms with E-state index in [0.29, 0.717) is 40.2 Å². The molecular weight excluding hydrogens is 352 g/mol. The van der Waals surface area contributed by atoms with Crippen molar-refractivity contribution in [2.75, 3.05) is 5.32 Å². The molecule has 0 radical (unpaired) electrons. The molecule has 4 aromatic rings. The monoisotopic (exact) mass is 366 g/mol. The van der Waals surface area contributed by atoms with E-state index in [2.05, 4.69) is 20.4 Å². The number of para-hydroxylation sites is 1. The molecule has 1 N–H and O–H groups in total. The van der Waals surface area contributed by atoms with Gasteiger partial charge in [-0.15, -0.1) is 11.3 Å². The van der Waals surface area contributed by atoms with E-state index in [1.165, 1.54) is 11.3 Å². The molecule has 0 saturated carbocycles. The summed E-state index contributed by atoms with van der Waals surface area (Å²) in [6, 6.07) is 11.0. The second kappa shape index (κ2) is 6.93. The molecule has 0 aliphatic rings. The van der Waals surface area contributed by atoms with Crippen molar-refractivity contribution in [2.45, 2.75) is 13.3 Å². The van der Waals surface area contributed by atoms with Gasteiger partial charge in [-0.3, -0.25) is 4.79 Å². The zero-order chi connectivity index (χ0) is 17.9. The molecule has 0 unspecified atom stereocenters. The summed E-state index contributed by atoms with van der Waals surface area (Å²) in [5.41, 5.74) is 3.94. The van der Waals surface area contributed by atoms with Crippen LogP contribution in [0.3, 0.4) is 0 Å². The third-order valence-electron chi connectivity index (χ3n) is 3.77. The minimum absolute atomic E-state index is 0.181. The van der Waals surface area contributed by atoms with Crippen LogP contribution in [0.4, 0.5) is 5.69 Å². The summed E-state index contributed by atoms with van der Waals surface area (Å²) in [4.78, 5) is 21.5. The van der Waals surface area contributed by atoms with Gasteiger partial charge in [0.2, 0.25) is 11.7 Å². The Balaban J connectivity index is 1.55. The van der Waals surface area contributed by atoms with Crippen molar-refractivity contribution >= 4 is 22.9 Å². The highest BCUT2D eigenvalue weighted by Gasteiger charge is 2.16. The molecule has 130 valence electrons. The number of hydrogen-bond donors (Lipinski definition) is 1. The molecule has 0 aliphatic heterocycles. The van der Waals surface area contributed by atoms with Crippen LogP contribution in [0, 0.1) is 6.92 Å². The van der Waals surface area contributed by atoms with E-state index >= 15 is 0 Å². The predicted molar refractivity (Wildman–Crippen MR) is 96.1 cm³/mol. The zero-order valence-electron chi connectivity index (χ0n) is 13.8. The maximum atomic E-state index is 12.5. The van der Waals surface area contributed by atoms with Crippen LogP contribution in [0.25, 0.3) is 11.6 Å². The summed E-state index contributed by atoms with van der Waals surface area (Å²) in [6.45, 7) is 1.81. The van der Waals surface area contributed by atoms with Crippen LogP contribution in [-0.4, -0.2) is 21.0 Å². The second-order valence-corrected chi connectivity index (χ2v) is 6.40. The Morgan fingerprint density at radius 3 is 2.88 bits per heavy atom. The van der Waals surface area contributed by atoms with Crippen LogP contribution >= 0.6 is 11.3 Å². The number of aromatic nitrogens is 3. The standard InChI is InChI=1S/C18H14N4O3S/c1-11-16(26-10-19-11)18(23)20-13-6-3-2-5-12(13)9-15-21-17(22-25-15)14-7-4-8-24-14/h2-8,10H,9H2,1H3,(H,20,23). The Morgan fingerprint density at radius 2 is 2.12 bits per heavy atom. The number of carbonyl (C=O) groups excluding carboxylic acids is 1. The molecule has 4 rings (SSSR count). The lowest BCUT2D eigenvalue weighted by molar-refractivity contribution is 0.102. The number of hydrogen-bond acceptors (Lipinski definition) is 7. The molecular formula is C18H14N4O3S. The van der Waals surface area contributed by atoms with Crippen molar-refractivity contribution in [3.8, 4) is 11.6 Å². The highest BCUT2D eigenvalue weighted by molar-refractivity contribution is 7.12. The predicted octanol–water partition coefficient (Wildman–Crippen LogP) is 3.94. The first-order valence-electron chi connectivity index (χ1n) is 7.86. The van der Waals surface area contributed by atoms with Gasteiger partial charge in [-0.1, -0.05) is 23.4 Å². The number of carbonyl (C=O) groups is 1. The number of furan rings is 1. The topological polar surface area (TPSA) is 94.1 Å². The molecule has 0 spiro atoms. The van der Waals surface area contributed by atoms with Gasteiger partial charge in [0, 0.05) is 5.69 Å². The van der Waals surface area contributed by atoms with E-state index in [4.69, 9.17) is 8.94 Å². The number of nitrogens with one attached hydrogen (secondary N) is 1. The van der Waals surface area contributed by atoms with Crippen LogP contribution in [0.2, 0.25) is 0 Å². The number of anilines is 1. The molecule has 7 nitrogen and oxygen atoms in total. The molecule has 3 aromatic heterocycles. The fourth-order valence-electron chi connectivity index (χ4n) is 2.49. The number of amides is 1. The van der Waals surface area contributed by atoms with Crippen molar-refractivity contribution in [1.29, 1.82) is 0 Å². The third kappa shape index (κ3) is 3.27. The van der Waals surface area contributed by atoms with E-state index in [9.17, 15) is 4.79 Å². The van der Waals surface area contributed by atoms with Gasteiger partial charge in [-0.05, 0) is 30.7 Å². The average Bonchev–Trinajstić information content (AvgIpc) is 3.37. The largest absolute Gasteiger partial charge is 0.461 e. The Labute approximate surface area is 152 Å². The summed E-state index contributed by atoms with van der Waals surface area (Å²) < 4.78 is 10.6. The minimum atomic E-state index is -0.181. The van der Waals surface area contributed by atoms with Gasteiger partial charge in [0.1, 0.15) is 4.88 Å². The molecule has 0 bridgehead atoms. The van der Waals surface area contributed by atoms with E-state index in [0.717, 1.165) is 5.56 Å². The summed E-state index contributed by atoms with van der Waals surface area (Å²) in [7, 11) is 0. The SMILES string of the molecule is Cc1ncsc1C(=O)Nc1ccccc1Cc1nc(-c2ccco2)no1. The molecule has 8 heteroatoms. The van der Waals surface area contributed by atoms with E-state index in [-0.39, 0.29) is 5.91 Å². The normalized spacial score (nSPS) is 10.8. The van der Waals surface area contributed by atoms with E-state index in [1.54, 1.807) is 23.9 Å². The van der Waals surface area contributed by atoms with Crippen LogP contribution in [0.1, 0.15) is 26.8 Å². The van der Waals surface area contributed by atoms with Crippen molar-refractivity contribution < 1.29 is 13.7 Å². The molecule has 0 fully saturated rings. The van der Waals surface area contributed by atoms with Crippen molar-refractivity contribution in [2.24, 2.45) is 0 Å². The molecule has 0 saturated heterocycles. The van der Waals surface area contributed by atoms with Crippen LogP contribution in [0.5, 0.6) is 0 Å². The summed E-state index contributed by atoms with van der Waals surface area (Å²) in [6.07, 6.45) is 1.95. The van der Waals surface area contributed by atoms with Crippen LogP contribution in [0.15, 0.2) is 57.1 Å². The van der Waals surface area contributed by atoms with Gasteiger partial charge in [0.25, 0.3) is 5.91 Å². The first-order chi connectivity index (χ1) is 12.7. The van der Waals surface area contributed by atoms with Gasteiger partial charge in [0.05, 0.1) is 23.9 Å². The Morgan fingerprint density at radius 1 is 1.23 bits per heavy atom. The summed E-state index contributed by atoms with van der Waals surface area (Å²) in [5, 5.41) is 6.86. The molecule has 0 aliphatic carbocycles. The first-order valence-corrected chi connectivity index (χ1v) is 8.74. The van der Waals surface area contributed by atoms with Gasteiger partial charge < -0.3 is 14.3 Å². The van der Waals surface area contributed by atoms with Gasteiger partial charge in [-0.2, -0.15) is 4.98 Å². The third-order valence-corrected chi connectivity index (χ3v) is 4.70. The Kier molecular flexibility index (Phi) is 4.32. The average molecular weight is 366 g/mol. The first kappa shape index (κ1) is 16.2. The zero-order valence-corrected chi connectivity index (χ0v) is 14.6. The van der Waals surface area contributed by atoms with Crippen LogP contribution < -0.4 is 5.32 Å². The van der Waals surface area contributed by atoms with Crippen molar-refractivity contribution in [3.05, 3.63) is 70.2 Å². The quantitative estimate of drug-likeness (QED) is 0.575. The second-order valence-electron chi connectivity index (χ2n) is 5.54. The molecule has 1 aromatic carbocycles. The number of aryl methyl sites for hydroxylation is 1. The molecule has 3 heterocycles. The molecule has 26 heavy (non-hydrogen) atoms. The van der Waals surface area contributed by atoms with Crippen molar-refractivity contribution in [3.63, 3.8) is 0 Å². The maximum Gasteiger partial charge on any atom is 0.267 e. The highest BCUT2D eigenvalue weighted by atomic mass is 32.1. The highest BCUT2D eigenvalue weighted by Crippen LogP contribution is 2.22. The number of rotatable bonds is 5. The van der Waals surface area contributed by atoms with Gasteiger partial charge in [0.15, 0.2) is 5.76 Å². The fraction of sp³-hybridized carbons (Fsp3) is 0.111. The smallest absolute Gasteiger partial charge is 0.267 e. The fourth-order valence-corrected chi connectivity index (χ4v) is 3.19. The summed E-state index contributed by atoms with van der Waals surface area (Å²) >= 11 is 1.31. The number of benzene rings is 1. The van der Waals surface area contributed by atoms with E-state index in [1.807, 2.05) is 31.2 Å².